The third-order valence-electron chi connectivity index (χ3n) is 13.8. The van der Waals surface area contributed by atoms with E-state index >= 15 is 0 Å². The summed E-state index contributed by atoms with van der Waals surface area (Å²) in [6, 6.07) is 0.431. The number of hydrogen-bond donors (Lipinski definition) is 5. The second-order valence-corrected chi connectivity index (χ2v) is 20.1. The second kappa shape index (κ2) is 21.6. The Morgan fingerprint density at radius 3 is 2.52 bits per heavy atom. The van der Waals surface area contributed by atoms with E-state index in [1.807, 2.05) is 25.6 Å². The van der Waals surface area contributed by atoms with Gasteiger partial charge in [0.15, 0.2) is 0 Å². The highest BCUT2D eigenvalue weighted by Crippen LogP contribution is 2.60. The van der Waals surface area contributed by atoms with E-state index in [0.29, 0.717) is 55.0 Å². The van der Waals surface area contributed by atoms with Crippen LogP contribution in [-0.2, 0) is 14.3 Å². The number of unbranched alkanes of at least 4 members (excludes halogenated alkanes) is 3. The molecule has 2 aliphatic heterocycles. The van der Waals surface area contributed by atoms with Gasteiger partial charge in [0, 0.05) is 43.5 Å². The molecule has 9 nitrogen and oxygen atoms in total. The Morgan fingerprint density at radius 1 is 1.00 bits per heavy atom. The van der Waals surface area contributed by atoms with Crippen molar-refractivity contribution in [3.63, 3.8) is 0 Å². The van der Waals surface area contributed by atoms with Gasteiger partial charge in [0.05, 0.1) is 23.8 Å². The first-order chi connectivity index (χ1) is 26.8. The molecule has 0 aromatic rings. The lowest BCUT2D eigenvalue weighted by Gasteiger charge is -2.44. The maximum Gasteiger partial charge on any atom is 0.315 e. The molecule has 5 rings (SSSR count). The van der Waals surface area contributed by atoms with Gasteiger partial charge in [-0.2, -0.15) is 11.8 Å². The van der Waals surface area contributed by atoms with Gasteiger partial charge < -0.3 is 31.1 Å². The Bertz CT molecular complexity index is 1390. The zero-order chi connectivity index (χ0) is 40.1. The van der Waals surface area contributed by atoms with E-state index < -0.39 is 5.60 Å². The molecule has 0 radical (unpaired) electrons. The second-order valence-electron chi connectivity index (χ2n) is 18.8. The fourth-order valence-electron chi connectivity index (χ4n) is 10.6. The van der Waals surface area contributed by atoms with Crippen LogP contribution in [0.2, 0.25) is 0 Å². The molecule has 4 amide bonds. The normalized spacial score (nSPS) is 30.9. The quantitative estimate of drug-likeness (QED) is 0.0551. The zero-order valence-corrected chi connectivity index (χ0v) is 36.2. The van der Waals surface area contributed by atoms with Crippen LogP contribution in [0.15, 0.2) is 35.5 Å². The summed E-state index contributed by atoms with van der Waals surface area (Å²) < 4.78 is 6.31. The summed E-state index contributed by atoms with van der Waals surface area (Å²) in [4.78, 5) is 36.2. The lowest BCUT2D eigenvalue weighted by atomic mass is 9.60. The first kappa shape index (κ1) is 44.8. The summed E-state index contributed by atoms with van der Waals surface area (Å²) in [6.45, 7) is 15.3. The van der Waals surface area contributed by atoms with Gasteiger partial charge in [-0.15, -0.1) is 0 Å². The summed E-state index contributed by atoms with van der Waals surface area (Å²) in [5, 5.41) is 22.7. The maximum absolute atomic E-state index is 12.4. The number of ether oxygens (including phenoxy) is 1. The van der Waals surface area contributed by atoms with Crippen LogP contribution in [0.1, 0.15) is 156 Å². The number of thioether (sulfide) groups is 1. The molecule has 2 heterocycles. The van der Waals surface area contributed by atoms with Crippen molar-refractivity contribution in [3.05, 3.63) is 35.5 Å². The number of amides is 4. The Labute approximate surface area is 343 Å². The number of allylic oxidation sites excluding steroid dienone is 4. The number of hydrogen-bond acceptors (Lipinski definition) is 6. The van der Waals surface area contributed by atoms with E-state index in [-0.39, 0.29) is 36.0 Å². The van der Waals surface area contributed by atoms with Crippen molar-refractivity contribution in [2.45, 2.75) is 185 Å². The smallest absolute Gasteiger partial charge is 0.315 e. The van der Waals surface area contributed by atoms with E-state index in [4.69, 9.17) is 4.74 Å². The van der Waals surface area contributed by atoms with Gasteiger partial charge in [-0.3, -0.25) is 9.59 Å². The van der Waals surface area contributed by atoms with Gasteiger partial charge in [-0.25, -0.2) is 4.79 Å². The largest absolute Gasteiger partial charge is 0.390 e. The fourth-order valence-corrected chi connectivity index (χ4v) is 12.2. The summed E-state index contributed by atoms with van der Waals surface area (Å²) in [5.41, 5.74) is 4.06. The summed E-state index contributed by atoms with van der Waals surface area (Å²) in [6.07, 6.45) is 25.0. The Hall–Kier alpha value is -2.30. The van der Waals surface area contributed by atoms with E-state index in [0.717, 1.165) is 88.7 Å². The van der Waals surface area contributed by atoms with Gasteiger partial charge in [0.2, 0.25) is 11.8 Å². The molecule has 3 aliphatic carbocycles. The maximum atomic E-state index is 12.4. The molecule has 316 valence electrons. The number of urea groups is 1. The molecule has 56 heavy (non-hydrogen) atoms. The van der Waals surface area contributed by atoms with Crippen LogP contribution in [0.25, 0.3) is 0 Å². The van der Waals surface area contributed by atoms with Gasteiger partial charge in [0.25, 0.3) is 0 Å². The minimum absolute atomic E-state index is 0.0506. The molecule has 5 unspecified atom stereocenters. The van der Waals surface area contributed by atoms with Gasteiger partial charge in [-0.05, 0) is 132 Å². The molecule has 0 aromatic heterocycles. The lowest BCUT2D eigenvalue weighted by molar-refractivity contribution is -0.122. The van der Waals surface area contributed by atoms with Crippen LogP contribution in [-0.4, -0.2) is 77.4 Å². The summed E-state index contributed by atoms with van der Waals surface area (Å²) in [5.74, 6) is 3.31. The highest BCUT2D eigenvalue weighted by molar-refractivity contribution is 8.00. The zero-order valence-electron chi connectivity index (χ0n) is 35.4. The summed E-state index contributed by atoms with van der Waals surface area (Å²) in [7, 11) is 0. The van der Waals surface area contributed by atoms with Crippen LogP contribution < -0.4 is 21.3 Å². The summed E-state index contributed by atoms with van der Waals surface area (Å²) >= 11 is 1.92. The van der Waals surface area contributed by atoms with E-state index in [2.05, 4.69) is 53.8 Å². The molecule has 0 spiro atoms. The number of aliphatic hydroxyl groups is 1. The first-order valence-electron chi connectivity index (χ1n) is 22.5. The predicted molar refractivity (Wildman–Crippen MR) is 229 cm³/mol. The molecule has 5 N–H and O–H groups in total. The number of carbonyl (C=O) groups is 3. The topological polar surface area (TPSA) is 129 Å². The molecule has 5 fully saturated rings. The third-order valence-corrected chi connectivity index (χ3v) is 15.3. The van der Waals surface area contributed by atoms with Gasteiger partial charge >= 0.3 is 6.03 Å². The van der Waals surface area contributed by atoms with Crippen LogP contribution in [0.3, 0.4) is 0 Å². The van der Waals surface area contributed by atoms with Crippen LogP contribution in [0.4, 0.5) is 4.79 Å². The Morgan fingerprint density at radius 2 is 1.75 bits per heavy atom. The molecule has 8 atom stereocenters. The van der Waals surface area contributed by atoms with Crippen molar-refractivity contribution in [2.75, 3.05) is 25.4 Å². The SMILES string of the molecule is C=C1CC[C@H](OCCCNC(=O)CCCCCNC(=O)CCCCC2SCC3NC(=O)NC32)CC1=CC=C1CCC[C@@]2(C)C1CC[C@@H]2C(C)CCCC(C)(C)O. The predicted octanol–water partition coefficient (Wildman–Crippen LogP) is 8.67. The molecular formula is C46H76N4O5S. The minimum Gasteiger partial charge on any atom is -0.390 e. The van der Waals surface area contributed by atoms with Crippen molar-refractivity contribution in [1.82, 2.24) is 21.3 Å². The molecule has 3 saturated carbocycles. The molecule has 5 aliphatic rings. The number of fused-ring (bicyclic) bond motifs is 2. The number of nitrogens with one attached hydrogen (secondary N) is 4. The third kappa shape index (κ3) is 13.4. The first-order valence-corrected chi connectivity index (χ1v) is 23.5. The van der Waals surface area contributed by atoms with E-state index in [9.17, 15) is 19.5 Å². The monoisotopic (exact) mass is 797 g/mol. The van der Waals surface area contributed by atoms with Crippen molar-refractivity contribution in [1.29, 1.82) is 0 Å². The Kier molecular flexibility index (Phi) is 17.3. The van der Waals surface area contributed by atoms with Crippen molar-refractivity contribution >= 4 is 29.6 Å². The number of carbonyl (C=O) groups excluding carboxylic acids is 3. The van der Waals surface area contributed by atoms with Crippen LogP contribution in [0.5, 0.6) is 0 Å². The van der Waals surface area contributed by atoms with E-state index in [1.165, 1.54) is 49.7 Å². The standard InChI is InChI=1S/C46H76N4O5S/c1-32-19-22-36(30-35(32)21-20-34-15-12-26-46(5)37(23-24-38(34)46)33(2)14-11-25-45(3,4)54)55-29-13-28-48-41(51)17-7-6-10-27-47-42(52)18-9-8-16-40-43-39(31-56-40)49-44(53)50-43/h20-21,33,36-40,43,54H,1,6-19,22-31H2,2-5H3,(H,47,52)(H,48,51)(H2,49,50,53)/t33?,36-,37+,38?,39?,40?,43?,46+/m0/s1. The molecule has 10 heteroatoms. The fraction of sp³-hybridized carbons (Fsp3) is 0.804. The minimum atomic E-state index is -0.565. The number of rotatable bonds is 22. The van der Waals surface area contributed by atoms with Crippen LogP contribution >= 0.6 is 11.8 Å². The van der Waals surface area contributed by atoms with Gasteiger partial charge in [-0.1, -0.05) is 69.4 Å². The van der Waals surface area contributed by atoms with Crippen molar-refractivity contribution in [2.24, 2.45) is 23.2 Å². The lowest BCUT2D eigenvalue weighted by Crippen LogP contribution is -2.36. The van der Waals surface area contributed by atoms with Crippen molar-refractivity contribution < 1.29 is 24.2 Å². The highest BCUT2D eigenvalue weighted by atomic mass is 32.2. The van der Waals surface area contributed by atoms with Crippen molar-refractivity contribution in [3.8, 4) is 0 Å². The van der Waals surface area contributed by atoms with Gasteiger partial charge in [0.1, 0.15) is 0 Å². The van der Waals surface area contributed by atoms with Crippen LogP contribution in [0, 0.1) is 23.2 Å². The molecule has 2 saturated heterocycles. The molecular weight excluding hydrogens is 721 g/mol. The van der Waals surface area contributed by atoms with E-state index in [1.54, 1.807) is 5.57 Å². The average molecular weight is 797 g/mol. The average Bonchev–Trinajstić information content (AvgIpc) is 3.82. The Balaban J connectivity index is 0.891. The molecule has 0 bridgehead atoms. The highest BCUT2D eigenvalue weighted by Gasteiger charge is 2.50. The molecule has 0 aromatic carbocycles.